The van der Waals surface area contributed by atoms with E-state index in [4.69, 9.17) is 31.9 Å². The maximum absolute atomic E-state index is 11.1. The molecule has 0 spiro atoms. The lowest BCUT2D eigenvalue weighted by Crippen LogP contribution is -2.32. The number of aromatic nitrogens is 1. The highest BCUT2D eigenvalue weighted by atomic mass is 79.9. The van der Waals surface area contributed by atoms with Gasteiger partial charge in [0.15, 0.2) is 24.3 Å². The number of methoxy groups -OCH3 is 1. The van der Waals surface area contributed by atoms with Crippen molar-refractivity contribution in [2.75, 3.05) is 30.5 Å². The van der Waals surface area contributed by atoms with Crippen LogP contribution in [0, 0.1) is 22.8 Å². The number of rotatable bonds is 5. The third kappa shape index (κ3) is 4.08. The van der Waals surface area contributed by atoms with E-state index in [1.807, 2.05) is 6.07 Å². The van der Waals surface area contributed by atoms with Gasteiger partial charge in [-0.15, -0.1) is 0 Å². The predicted molar refractivity (Wildman–Crippen MR) is 115 cm³/mol. The molecular formula is C18H16BrN9O3. The van der Waals surface area contributed by atoms with Gasteiger partial charge in [0.05, 0.1) is 17.3 Å². The Balaban J connectivity index is 2.20. The Morgan fingerprint density at radius 1 is 1.39 bits per heavy atom. The number of primary amides is 1. The van der Waals surface area contributed by atoms with Crippen LogP contribution in [-0.2, 0) is 4.79 Å². The van der Waals surface area contributed by atoms with E-state index in [2.05, 4.69) is 36.5 Å². The highest BCUT2D eigenvalue weighted by molar-refractivity contribution is 9.10. The number of nitrogen functional groups attached to an aromatic ring is 2. The van der Waals surface area contributed by atoms with Crippen molar-refractivity contribution in [1.82, 2.24) is 10.3 Å². The van der Waals surface area contributed by atoms with Gasteiger partial charge in [0.25, 0.3) is 5.91 Å². The van der Waals surface area contributed by atoms with Crippen LogP contribution in [0.5, 0.6) is 11.5 Å². The van der Waals surface area contributed by atoms with Gasteiger partial charge in [-0.1, -0.05) is 0 Å². The molecule has 8 N–H and O–H groups in total. The first-order chi connectivity index (χ1) is 14.8. The van der Waals surface area contributed by atoms with Gasteiger partial charge in [0.1, 0.15) is 29.3 Å². The lowest BCUT2D eigenvalue weighted by atomic mass is 9.95. The zero-order valence-corrected chi connectivity index (χ0v) is 17.6. The molecule has 31 heavy (non-hydrogen) atoms. The minimum Gasteiger partial charge on any atom is -0.493 e. The van der Waals surface area contributed by atoms with Crippen LogP contribution in [0.2, 0.25) is 0 Å². The van der Waals surface area contributed by atoms with Crippen LogP contribution in [0.4, 0.5) is 17.3 Å². The summed E-state index contributed by atoms with van der Waals surface area (Å²) in [6.07, 6.45) is 1.78. The molecule has 0 bridgehead atoms. The van der Waals surface area contributed by atoms with Crippen molar-refractivity contribution in [1.29, 1.82) is 10.5 Å². The summed E-state index contributed by atoms with van der Waals surface area (Å²) < 4.78 is 11.3. The third-order valence-corrected chi connectivity index (χ3v) is 4.87. The van der Waals surface area contributed by atoms with Crippen molar-refractivity contribution < 1.29 is 14.3 Å². The Hall–Kier alpha value is -4.23. The number of nitriles is 2. The Morgan fingerprint density at radius 3 is 2.74 bits per heavy atom. The number of hydrogen-bond donors (Lipinski definition) is 5. The number of benzene rings is 1. The molecule has 1 aliphatic rings. The van der Waals surface area contributed by atoms with Crippen LogP contribution >= 0.6 is 15.9 Å². The lowest BCUT2D eigenvalue weighted by Gasteiger charge is -2.27. The third-order valence-electron chi connectivity index (χ3n) is 4.28. The van der Waals surface area contributed by atoms with Crippen LogP contribution in [0.1, 0.15) is 22.7 Å². The summed E-state index contributed by atoms with van der Waals surface area (Å²) in [6, 6.07) is 4.46. The Labute approximate surface area is 184 Å². The second-order valence-electron chi connectivity index (χ2n) is 6.19. The number of carbonyl (C=O) groups is 1. The van der Waals surface area contributed by atoms with Gasteiger partial charge in [-0.3, -0.25) is 10.1 Å². The number of amides is 1. The fraction of sp³-hybridized carbons (Fsp3) is 0.167. The van der Waals surface area contributed by atoms with Crippen LogP contribution < -0.4 is 37.3 Å². The normalized spacial score (nSPS) is 14.2. The average Bonchev–Trinajstić information content (AvgIpc) is 2.72. The van der Waals surface area contributed by atoms with E-state index in [-0.39, 0.29) is 47.0 Å². The summed E-state index contributed by atoms with van der Waals surface area (Å²) in [5.74, 6) is 0.202. The number of nitrogens with zero attached hydrogens (tertiary/aromatic N) is 4. The molecule has 0 aliphatic carbocycles. The molecule has 1 aromatic carbocycles. The molecule has 2 aromatic rings. The minimum absolute atomic E-state index is 0.0184. The van der Waals surface area contributed by atoms with Crippen molar-refractivity contribution in [2.45, 2.75) is 6.04 Å². The molecule has 13 heteroatoms. The van der Waals surface area contributed by atoms with E-state index in [1.54, 1.807) is 18.3 Å². The summed E-state index contributed by atoms with van der Waals surface area (Å²) >= 11 is 3.39. The number of halogens is 1. The molecule has 1 unspecified atom stereocenters. The summed E-state index contributed by atoms with van der Waals surface area (Å²) in [5.41, 5.74) is 18.3. The highest BCUT2D eigenvalue weighted by Gasteiger charge is 2.31. The van der Waals surface area contributed by atoms with Gasteiger partial charge < -0.3 is 32.0 Å². The second-order valence-corrected chi connectivity index (χ2v) is 7.05. The summed E-state index contributed by atoms with van der Waals surface area (Å²) in [6.45, 7) is -0.347. The number of nitrogens with two attached hydrogens (primary N) is 3. The summed E-state index contributed by atoms with van der Waals surface area (Å²) in [7, 11) is 1.43. The SMILES string of the molecule is COc1cc(C2N=C(NC#N)Nc3nc(N)c(C#N)c(N)c32)cc(Br)c1OCC(N)=O. The van der Waals surface area contributed by atoms with Crippen LogP contribution in [0.25, 0.3) is 0 Å². The minimum atomic E-state index is -0.775. The number of hydrogen-bond acceptors (Lipinski definition) is 11. The number of guanidine groups is 1. The molecule has 12 nitrogen and oxygen atoms in total. The first-order valence-electron chi connectivity index (χ1n) is 8.58. The molecule has 0 saturated carbocycles. The van der Waals surface area contributed by atoms with Gasteiger partial charge >= 0.3 is 0 Å². The van der Waals surface area contributed by atoms with E-state index >= 15 is 0 Å². The number of fused-ring (bicyclic) bond motifs is 1. The number of aliphatic imine (C=N–C) groups is 1. The number of pyridine rings is 1. The summed E-state index contributed by atoms with van der Waals surface area (Å²) in [5, 5.41) is 23.7. The Kier molecular flexibility index (Phi) is 5.99. The molecular weight excluding hydrogens is 470 g/mol. The second kappa shape index (κ2) is 8.64. The smallest absolute Gasteiger partial charge is 0.255 e. The van der Waals surface area contributed by atoms with Crippen LogP contribution in [0.15, 0.2) is 21.6 Å². The van der Waals surface area contributed by atoms with Gasteiger partial charge in [-0.2, -0.15) is 10.5 Å². The molecule has 2 heterocycles. The van der Waals surface area contributed by atoms with E-state index in [0.29, 0.717) is 15.6 Å². The maximum atomic E-state index is 11.1. The summed E-state index contributed by atoms with van der Waals surface area (Å²) in [4.78, 5) is 19.8. The number of anilines is 3. The van der Waals surface area contributed by atoms with Gasteiger partial charge in [0, 0.05) is 5.56 Å². The largest absolute Gasteiger partial charge is 0.493 e. The zero-order valence-electron chi connectivity index (χ0n) is 16.1. The van der Waals surface area contributed by atoms with Crippen molar-refractivity contribution in [3.63, 3.8) is 0 Å². The molecule has 0 fully saturated rings. The van der Waals surface area contributed by atoms with E-state index in [0.717, 1.165) is 0 Å². The fourth-order valence-corrected chi connectivity index (χ4v) is 3.58. The molecule has 3 rings (SSSR count). The van der Waals surface area contributed by atoms with Crippen LogP contribution in [-0.4, -0.2) is 30.6 Å². The topological polar surface area (TPSA) is 210 Å². The van der Waals surface area contributed by atoms with E-state index in [9.17, 15) is 10.1 Å². The van der Waals surface area contributed by atoms with Gasteiger partial charge in [-0.25, -0.2) is 9.98 Å². The monoisotopic (exact) mass is 485 g/mol. The average molecular weight is 486 g/mol. The molecule has 1 atom stereocenters. The zero-order chi connectivity index (χ0) is 22.7. The number of ether oxygens (including phenoxy) is 2. The van der Waals surface area contributed by atoms with E-state index < -0.39 is 11.9 Å². The van der Waals surface area contributed by atoms with Crippen molar-refractivity contribution in [2.24, 2.45) is 10.7 Å². The molecule has 1 aromatic heterocycles. The van der Waals surface area contributed by atoms with Crippen molar-refractivity contribution in [3.8, 4) is 23.8 Å². The first kappa shape index (κ1) is 21.5. The van der Waals surface area contributed by atoms with Crippen molar-refractivity contribution in [3.05, 3.63) is 33.3 Å². The van der Waals surface area contributed by atoms with Crippen molar-refractivity contribution >= 4 is 45.1 Å². The fourth-order valence-electron chi connectivity index (χ4n) is 3.00. The van der Waals surface area contributed by atoms with Gasteiger partial charge in [0.2, 0.25) is 5.96 Å². The molecule has 0 saturated heterocycles. The van der Waals surface area contributed by atoms with Gasteiger partial charge in [-0.05, 0) is 33.6 Å². The first-order valence-corrected chi connectivity index (χ1v) is 9.37. The standard InChI is InChI=1S/C18H16BrN9O3/c1-30-10-3-7(2-9(19)15(10)31-5-11(22)29)14-12-13(23)8(4-20)16(24)27-17(12)28-18(26-14)25-6-21/h2-3,14H,5H2,1H3,(H2,22,29)(H6,23,24,25,26,27,28). The van der Waals surface area contributed by atoms with E-state index in [1.165, 1.54) is 7.11 Å². The Morgan fingerprint density at radius 2 is 2.13 bits per heavy atom. The highest BCUT2D eigenvalue weighted by Crippen LogP contribution is 2.44. The molecule has 1 amide bonds. The molecule has 1 aliphatic heterocycles. The number of nitrogens with one attached hydrogen (secondary N) is 2. The number of carbonyl (C=O) groups excluding carboxylic acids is 1. The molecule has 158 valence electrons. The maximum Gasteiger partial charge on any atom is 0.255 e. The predicted octanol–water partition coefficient (Wildman–Crippen LogP) is 0.694. The Bertz CT molecular complexity index is 1180. The quantitative estimate of drug-likeness (QED) is 0.295. The van der Waals surface area contributed by atoms with Crippen LogP contribution in [0.3, 0.4) is 0 Å². The molecule has 0 radical (unpaired) electrons. The lowest BCUT2D eigenvalue weighted by molar-refractivity contribution is -0.119.